The Morgan fingerprint density at radius 1 is 0.903 bits per heavy atom. The number of methoxy groups -OCH3 is 2. The second-order valence-corrected chi connectivity index (χ2v) is 7.78. The zero-order valence-corrected chi connectivity index (χ0v) is 17.3. The molecular formula is C25H20O6. The highest BCUT2D eigenvalue weighted by molar-refractivity contribution is 6.08. The van der Waals surface area contributed by atoms with Crippen LogP contribution in [-0.2, 0) is 35.0 Å². The lowest BCUT2D eigenvalue weighted by Crippen LogP contribution is -2.34. The molecule has 0 amide bonds. The lowest BCUT2D eigenvalue weighted by Gasteiger charge is -2.30. The van der Waals surface area contributed by atoms with E-state index >= 15 is 0 Å². The standard InChI is InChI=1S/C25H20O6/c1-24-18-17(13-14-9-7-8-12-16(14)21(18)26)25(31-24,15-10-5-4-6-11-15)20(23(28)30-3)19(24)22(27)29-2/h4-13,26H,1-3H3. The van der Waals surface area contributed by atoms with Crippen LogP contribution in [0.15, 0.2) is 71.8 Å². The van der Waals surface area contributed by atoms with Crippen LogP contribution in [0.5, 0.6) is 5.75 Å². The highest BCUT2D eigenvalue weighted by atomic mass is 16.6. The Morgan fingerprint density at radius 3 is 2.19 bits per heavy atom. The summed E-state index contributed by atoms with van der Waals surface area (Å²) < 4.78 is 16.7. The van der Waals surface area contributed by atoms with Gasteiger partial charge in [0, 0.05) is 16.5 Å². The molecule has 2 bridgehead atoms. The summed E-state index contributed by atoms with van der Waals surface area (Å²) in [6.07, 6.45) is 0. The first-order chi connectivity index (χ1) is 14.9. The van der Waals surface area contributed by atoms with Gasteiger partial charge in [-0.1, -0.05) is 54.6 Å². The van der Waals surface area contributed by atoms with Crippen molar-refractivity contribution in [1.29, 1.82) is 0 Å². The SMILES string of the molecule is COC(=O)C1=C(C(=O)OC)C2(c3ccccc3)OC1(C)c1c2cc2ccccc2c1O. The van der Waals surface area contributed by atoms with Gasteiger partial charge in [0.2, 0.25) is 0 Å². The zero-order valence-electron chi connectivity index (χ0n) is 17.3. The van der Waals surface area contributed by atoms with Gasteiger partial charge in [0.1, 0.15) is 11.4 Å². The van der Waals surface area contributed by atoms with Gasteiger partial charge in [0.25, 0.3) is 0 Å². The fraction of sp³-hybridized carbons (Fsp3) is 0.200. The first-order valence-corrected chi connectivity index (χ1v) is 9.83. The molecule has 0 spiro atoms. The molecule has 2 unspecified atom stereocenters. The maximum Gasteiger partial charge on any atom is 0.338 e. The van der Waals surface area contributed by atoms with E-state index in [-0.39, 0.29) is 16.9 Å². The zero-order chi connectivity index (χ0) is 22.0. The predicted molar refractivity (Wildman–Crippen MR) is 112 cm³/mol. The number of hydrogen-bond donors (Lipinski definition) is 1. The highest BCUT2D eigenvalue weighted by Gasteiger charge is 2.68. The van der Waals surface area contributed by atoms with Crippen molar-refractivity contribution in [1.82, 2.24) is 0 Å². The molecule has 1 N–H and O–H groups in total. The van der Waals surface area contributed by atoms with Crippen LogP contribution in [0.4, 0.5) is 0 Å². The smallest absolute Gasteiger partial charge is 0.338 e. The number of aromatic hydroxyl groups is 1. The average Bonchev–Trinajstić information content (AvgIpc) is 3.23. The molecule has 0 fully saturated rings. The van der Waals surface area contributed by atoms with E-state index < -0.39 is 23.1 Å². The molecule has 2 aliphatic rings. The number of ether oxygens (including phenoxy) is 3. The Kier molecular flexibility index (Phi) is 4.01. The van der Waals surface area contributed by atoms with Crippen LogP contribution in [-0.4, -0.2) is 31.3 Å². The minimum Gasteiger partial charge on any atom is -0.507 e. The molecule has 0 saturated carbocycles. The van der Waals surface area contributed by atoms with E-state index in [9.17, 15) is 14.7 Å². The highest BCUT2D eigenvalue weighted by Crippen LogP contribution is 2.66. The third kappa shape index (κ3) is 2.25. The molecule has 3 aromatic rings. The van der Waals surface area contributed by atoms with Crippen molar-refractivity contribution in [2.45, 2.75) is 18.1 Å². The van der Waals surface area contributed by atoms with Gasteiger partial charge in [0.15, 0.2) is 5.60 Å². The Bertz CT molecular complexity index is 1290. The van der Waals surface area contributed by atoms with Gasteiger partial charge in [-0.2, -0.15) is 0 Å². The number of carbonyl (C=O) groups is 2. The lowest BCUT2D eigenvalue weighted by atomic mass is 9.69. The maximum absolute atomic E-state index is 13.1. The van der Waals surface area contributed by atoms with Gasteiger partial charge in [-0.3, -0.25) is 0 Å². The maximum atomic E-state index is 13.1. The second-order valence-electron chi connectivity index (χ2n) is 7.78. The third-order valence-electron chi connectivity index (χ3n) is 6.27. The topological polar surface area (TPSA) is 82.1 Å². The van der Waals surface area contributed by atoms with Gasteiger partial charge in [-0.25, -0.2) is 9.59 Å². The van der Waals surface area contributed by atoms with Crippen molar-refractivity contribution in [3.05, 3.63) is 88.5 Å². The van der Waals surface area contributed by atoms with Crippen molar-refractivity contribution in [2.75, 3.05) is 14.2 Å². The van der Waals surface area contributed by atoms with Crippen molar-refractivity contribution in [3.8, 4) is 5.75 Å². The summed E-state index contributed by atoms with van der Waals surface area (Å²) in [5.74, 6) is -1.39. The summed E-state index contributed by atoms with van der Waals surface area (Å²) >= 11 is 0. The van der Waals surface area contributed by atoms with E-state index in [1.165, 1.54) is 14.2 Å². The Hall–Kier alpha value is -3.64. The van der Waals surface area contributed by atoms with Crippen molar-refractivity contribution >= 4 is 22.7 Å². The number of rotatable bonds is 3. The Labute approximate surface area is 178 Å². The van der Waals surface area contributed by atoms with Crippen LogP contribution in [0.1, 0.15) is 23.6 Å². The largest absolute Gasteiger partial charge is 0.507 e. The molecule has 0 aliphatic carbocycles. The van der Waals surface area contributed by atoms with E-state index in [4.69, 9.17) is 14.2 Å². The van der Waals surface area contributed by atoms with E-state index in [2.05, 4.69) is 0 Å². The molecular weight excluding hydrogens is 396 g/mol. The molecule has 0 aromatic heterocycles. The molecule has 0 saturated heterocycles. The number of benzene rings is 3. The van der Waals surface area contributed by atoms with E-state index in [0.29, 0.717) is 22.1 Å². The van der Waals surface area contributed by atoms with Gasteiger partial charge in [0.05, 0.1) is 25.4 Å². The quantitative estimate of drug-likeness (QED) is 0.656. The molecule has 5 rings (SSSR count). The number of phenols is 1. The molecule has 6 heteroatoms. The van der Waals surface area contributed by atoms with Gasteiger partial charge in [-0.05, 0) is 23.9 Å². The normalized spacial score (nSPS) is 23.7. The first kappa shape index (κ1) is 19.3. The van der Waals surface area contributed by atoms with Crippen LogP contribution in [0.3, 0.4) is 0 Å². The molecule has 31 heavy (non-hydrogen) atoms. The predicted octanol–water partition coefficient (Wildman–Crippen LogP) is 3.69. The van der Waals surface area contributed by atoms with Crippen molar-refractivity contribution in [2.24, 2.45) is 0 Å². The Morgan fingerprint density at radius 2 is 1.52 bits per heavy atom. The van der Waals surface area contributed by atoms with Crippen LogP contribution in [0, 0.1) is 0 Å². The van der Waals surface area contributed by atoms with E-state index in [1.807, 2.05) is 54.6 Å². The number of phenolic OH excluding ortho intramolecular Hbond substituents is 1. The summed E-state index contributed by atoms with van der Waals surface area (Å²) in [5, 5.41) is 12.7. The average molecular weight is 416 g/mol. The fourth-order valence-corrected chi connectivity index (χ4v) is 5.06. The minimum atomic E-state index is -1.43. The van der Waals surface area contributed by atoms with Crippen LogP contribution >= 0.6 is 0 Å². The number of hydrogen-bond acceptors (Lipinski definition) is 6. The molecule has 2 heterocycles. The third-order valence-corrected chi connectivity index (χ3v) is 6.27. The van der Waals surface area contributed by atoms with Gasteiger partial charge in [-0.15, -0.1) is 0 Å². The molecule has 2 atom stereocenters. The molecule has 6 nitrogen and oxygen atoms in total. The second kappa shape index (κ2) is 6.43. The summed E-state index contributed by atoms with van der Waals surface area (Å²) in [5.41, 5.74) is -1.04. The minimum absolute atomic E-state index is 0.0127. The summed E-state index contributed by atoms with van der Waals surface area (Å²) in [6, 6.07) is 18.4. The van der Waals surface area contributed by atoms with Crippen LogP contribution in [0.25, 0.3) is 10.8 Å². The van der Waals surface area contributed by atoms with Crippen LogP contribution < -0.4 is 0 Å². The molecule has 2 aliphatic heterocycles. The summed E-state index contributed by atoms with van der Waals surface area (Å²) in [7, 11) is 2.51. The number of fused-ring (bicyclic) bond motifs is 6. The van der Waals surface area contributed by atoms with Crippen LogP contribution in [0.2, 0.25) is 0 Å². The van der Waals surface area contributed by atoms with E-state index in [1.54, 1.807) is 13.0 Å². The van der Waals surface area contributed by atoms with Gasteiger partial charge < -0.3 is 19.3 Å². The van der Waals surface area contributed by atoms with Gasteiger partial charge >= 0.3 is 11.9 Å². The monoisotopic (exact) mass is 416 g/mol. The first-order valence-electron chi connectivity index (χ1n) is 9.83. The summed E-state index contributed by atoms with van der Waals surface area (Å²) in [4.78, 5) is 26.0. The van der Waals surface area contributed by atoms with Crippen molar-refractivity contribution < 1.29 is 28.9 Å². The molecule has 156 valence electrons. The fourth-order valence-electron chi connectivity index (χ4n) is 5.06. The Balaban J connectivity index is 1.99. The van der Waals surface area contributed by atoms with E-state index in [0.717, 1.165) is 5.39 Å². The molecule has 0 radical (unpaired) electrons. The van der Waals surface area contributed by atoms with Crippen molar-refractivity contribution in [3.63, 3.8) is 0 Å². The summed E-state index contributed by atoms with van der Waals surface area (Å²) in [6.45, 7) is 1.67. The number of carbonyl (C=O) groups excluding carboxylic acids is 2. The number of esters is 2. The lowest BCUT2D eigenvalue weighted by molar-refractivity contribution is -0.139. The molecule has 3 aromatic carbocycles.